The first-order valence-electron chi connectivity index (χ1n) is 10.7. The average Bonchev–Trinajstić information content (AvgIpc) is 3.26. The van der Waals surface area contributed by atoms with Crippen LogP contribution in [0.5, 0.6) is 17.4 Å². The van der Waals surface area contributed by atoms with Crippen LogP contribution in [0, 0.1) is 6.92 Å². The molecular weight excluding hydrogens is 534 g/mol. The molecule has 0 N–H and O–H groups in total. The number of aromatic nitrogens is 4. The van der Waals surface area contributed by atoms with E-state index in [1.54, 1.807) is 37.8 Å². The molecule has 0 atom stereocenters. The van der Waals surface area contributed by atoms with E-state index in [1.165, 1.54) is 23.0 Å². The SMILES string of the molecule is Cc1nn(C)c(Oc2ccc(OC(F)(F)F)cc2)c1/C=N\OCc1c(Cl)c(-c2ccc(Cl)cc2)nn1C. The van der Waals surface area contributed by atoms with Gasteiger partial charge in [0.1, 0.15) is 17.2 Å². The standard InChI is InChI=1S/C24H20Cl2F3N5O3/c1-14-19(23(34(3)31-14)36-17-8-10-18(11-9-17)37-24(27,28)29)12-30-35-13-20-21(26)22(32-33(20)2)15-4-6-16(25)7-5-15/h4-12H,13H2,1-3H3/b30-12-. The lowest BCUT2D eigenvalue weighted by molar-refractivity contribution is -0.274. The van der Waals surface area contributed by atoms with Gasteiger partial charge in [-0.25, -0.2) is 4.68 Å². The van der Waals surface area contributed by atoms with Crippen molar-refractivity contribution in [2.45, 2.75) is 19.9 Å². The Morgan fingerprint density at radius 3 is 2.24 bits per heavy atom. The van der Waals surface area contributed by atoms with Crippen molar-refractivity contribution in [1.82, 2.24) is 19.6 Å². The Morgan fingerprint density at radius 2 is 1.59 bits per heavy atom. The van der Waals surface area contributed by atoms with E-state index in [0.29, 0.717) is 38.6 Å². The number of aryl methyl sites for hydroxylation is 3. The lowest BCUT2D eigenvalue weighted by atomic mass is 10.1. The van der Waals surface area contributed by atoms with Crippen LogP contribution in [0.4, 0.5) is 13.2 Å². The van der Waals surface area contributed by atoms with Gasteiger partial charge in [-0.2, -0.15) is 10.2 Å². The van der Waals surface area contributed by atoms with Crippen LogP contribution in [-0.2, 0) is 25.5 Å². The van der Waals surface area contributed by atoms with Crippen LogP contribution in [0.2, 0.25) is 10.0 Å². The fourth-order valence-corrected chi connectivity index (χ4v) is 3.86. The highest BCUT2D eigenvalue weighted by Gasteiger charge is 2.31. The zero-order chi connectivity index (χ0) is 26.7. The van der Waals surface area contributed by atoms with Gasteiger partial charge in [0.2, 0.25) is 5.88 Å². The lowest BCUT2D eigenvalue weighted by Crippen LogP contribution is -2.16. The highest BCUT2D eigenvalue weighted by atomic mass is 35.5. The van der Waals surface area contributed by atoms with Gasteiger partial charge in [-0.1, -0.05) is 40.5 Å². The van der Waals surface area contributed by atoms with E-state index in [2.05, 4.69) is 20.1 Å². The van der Waals surface area contributed by atoms with Gasteiger partial charge in [0, 0.05) is 24.7 Å². The van der Waals surface area contributed by atoms with Gasteiger partial charge >= 0.3 is 6.36 Å². The molecule has 2 aromatic carbocycles. The third kappa shape index (κ3) is 6.36. The monoisotopic (exact) mass is 553 g/mol. The number of benzene rings is 2. The third-order valence-corrected chi connectivity index (χ3v) is 5.81. The molecule has 0 radical (unpaired) electrons. The van der Waals surface area contributed by atoms with Crippen molar-refractivity contribution in [3.05, 3.63) is 75.5 Å². The Bertz CT molecular complexity index is 1420. The van der Waals surface area contributed by atoms with Crippen LogP contribution in [0.1, 0.15) is 17.0 Å². The van der Waals surface area contributed by atoms with Crippen molar-refractivity contribution in [1.29, 1.82) is 0 Å². The van der Waals surface area contributed by atoms with E-state index in [4.69, 9.17) is 32.8 Å². The average molecular weight is 554 g/mol. The predicted octanol–water partition coefficient (Wildman–Crippen LogP) is 6.68. The summed E-state index contributed by atoms with van der Waals surface area (Å²) in [5.74, 6) is 0.242. The summed E-state index contributed by atoms with van der Waals surface area (Å²) in [5.41, 5.74) is 3.14. The number of hydrogen-bond acceptors (Lipinski definition) is 6. The predicted molar refractivity (Wildman–Crippen MR) is 132 cm³/mol. The minimum atomic E-state index is -4.78. The highest BCUT2D eigenvalue weighted by molar-refractivity contribution is 6.34. The Morgan fingerprint density at radius 1 is 0.946 bits per heavy atom. The molecule has 0 saturated carbocycles. The maximum atomic E-state index is 12.4. The second-order valence-electron chi connectivity index (χ2n) is 7.80. The van der Waals surface area contributed by atoms with Crippen LogP contribution >= 0.6 is 23.2 Å². The first-order valence-corrected chi connectivity index (χ1v) is 11.5. The van der Waals surface area contributed by atoms with Gasteiger partial charge in [0.05, 0.1) is 28.2 Å². The molecule has 2 aromatic heterocycles. The third-order valence-electron chi connectivity index (χ3n) is 5.16. The van der Waals surface area contributed by atoms with E-state index in [-0.39, 0.29) is 18.1 Å². The fraction of sp³-hybridized carbons (Fsp3) is 0.208. The number of alkyl halides is 3. The van der Waals surface area contributed by atoms with Crippen molar-refractivity contribution in [3.63, 3.8) is 0 Å². The maximum absolute atomic E-state index is 12.4. The van der Waals surface area contributed by atoms with E-state index in [1.807, 2.05) is 12.1 Å². The lowest BCUT2D eigenvalue weighted by Gasteiger charge is -2.10. The quantitative estimate of drug-likeness (QED) is 0.180. The van der Waals surface area contributed by atoms with Crippen molar-refractivity contribution < 1.29 is 27.5 Å². The molecule has 2 heterocycles. The number of rotatable bonds is 8. The summed E-state index contributed by atoms with van der Waals surface area (Å²) in [5, 5.41) is 13.8. The van der Waals surface area contributed by atoms with E-state index in [0.717, 1.165) is 17.7 Å². The second-order valence-corrected chi connectivity index (χ2v) is 8.61. The molecule has 0 fully saturated rings. The van der Waals surface area contributed by atoms with Gasteiger partial charge in [-0.05, 0) is 43.3 Å². The molecule has 0 aliphatic carbocycles. The Labute approximate surface area is 219 Å². The summed E-state index contributed by atoms with van der Waals surface area (Å²) in [6.45, 7) is 1.80. The van der Waals surface area contributed by atoms with Gasteiger partial charge in [-0.3, -0.25) is 4.68 Å². The molecule has 0 bridgehead atoms. The fourth-order valence-electron chi connectivity index (χ4n) is 3.41. The molecule has 0 spiro atoms. The molecule has 0 saturated heterocycles. The second kappa shape index (κ2) is 10.7. The number of hydrogen-bond donors (Lipinski definition) is 0. The summed E-state index contributed by atoms with van der Waals surface area (Å²) >= 11 is 12.5. The maximum Gasteiger partial charge on any atom is 0.573 e. The van der Waals surface area contributed by atoms with Crippen molar-refractivity contribution in [3.8, 4) is 28.6 Å². The molecule has 4 aromatic rings. The smallest absolute Gasteiger partial charge is 0.439 e. The molecule has 0 aliphatic heterocycles. The van der Waals surface area contributed by atoms with Crippen LogP contribution in [0.25, 0.3) is 11.3 Å². The molecule has 4 rings (SSSR count). The van der Waals surface area contributed by atoms with Crippen LogP contribution < -0.4 is 9.47 Å². The number of ether oxygens (including phenoxy) is 2. The van der Waals surface area contributed by atoms with E-state index >= 15 is 0 Å². The molecule has 13 heteroatoms. The molecule has 8 nitrogen and oxygen atoms in total. The van der Waals surface area contributed by atoms with E-state index in [9.17, 15) is 13.2 Å². The summed E-state index contributed by atoms with van der Waals surface area (Å²) < 4.78 is 49.9. The van der Waals surface area contributed by atoms with Crippen molar-refractivity contribution >= 4 is 29.4 Å². The zero-order valence-electron chi connectivity index (χ0n) is 19.8. The topological polar surface area (TPSA) is 75.7 Å². The van der Waals surface area contributed by atoms with Crippen LogP contribution in [0.15, 0.2) is 53.7 Å². The largest absolute Gasteiger partial charge is 0.573 e. The van der Waals surface area contributed by atoms with Crippen molar-refractivity contribution in [2.75, 3.05) is 0 Å². The number of nitrogens with zero attached hydrogens (tertiary/aromatic N) is 5. The molecule has 0 unspecified atom stereocenters. The molecule has 37 heavy (non-hydrogen) atoms. The van der Waals surface area contributed by atoms with Gasteiger partial charge in [-0.15, -0.1) is 13.2 Å². The van der Waals surface area contributed by atoms with E-state index < -0.39 is 6.36 Å². The first kappa shape index (κ1) is 26.4. The highest BCUT2D eigenvalue weighted by Crippen LogP contribution is 2.32. The Hall–Kier alpha value is -3.70. The van der Waals surface area contributed by atoms with Gasteiger partial charge < -0.3 is 14.3 Å². The van der Waals surface area contributed by atoms with Crippen molar-refractivity contribution in [2.24, 2.45) is 19.3 Å². The first-order chi connectivity index (χ1) is 17.5. The van der Waals surface area contributed by atoms with Gasteiger partial charge in [0.15, 0.2) is 6.61 Å². The minimum absolute atomic E-state index is 0.0442. The summed E-state index contributed by atoms with van der Waals surface area (Å²) in [7, 11) is 3.41. The number of oxime groups is 1. The zero-order valence-corrected chi connectivity index (χ0v) is 21.3. The number of halogens is 5. The molecular formula is C24H20Cl2F3N5O3. The summed E-state index contributed by atoms with van der Waals surface area (Å²) in [6.07, 6.45) is -3.34. The molecule has 0 amide bonds. The molecule has 0 aliphatic rings. The summed E-state index contributed by atoms with van der Waals surface area (Å²) in [6, 6.07) is 12.2. The molecule has 194 valence electrons. The normalized spacial score (nSPS) is 11.8. The summed E-state index contributed by atoms with van der Waals surface area (Å²) in [4.78, 5) is 5.47. The minimum Gasteiger partial charge on any atom is -0.439 e. The Kier molecular flexibility index (Phi) is 7.65. The Balaban J connectivity index is 1.45. The van der Waals surface area contributed by atoms with Gasteiger partial charge in [0.25, 0.3) is 0 Å². The van der Waals surface area contributed by atoms with Crippen LogP contribution in [0.3, 0.4) is 0 Å². The van der Waals surface area contributed by atoms with Crippen LogP contribution in [-0.4, -0.2) is 32.1 Å².